The summed E-state index contributed by atoms with van der Waals surface area (Å²) in [6.45, 7) is -9.16. The smallest absolute Gasteiger partial charge is 0.549 e. The van der Waals surface area contributed by atoms with Gasteiger partial charge in [-0.1, -0.05) is 10.3 Å². The van der Waals surface area contributed by atoms with Gasteiger partial charge in [-0.3, -0.25) is 24.3 Å². The van der Waals surface area contributed by atoms with Crippen molar-refractivity contribution in [1.82, 2.24) is 25.3 Å². The summed E-state index contributed by atoms with van der Waals surface area (Å²) in [4.78, 5) is 95.3. The summed E-state index contributed by atoms with van der Waals surface area (Å²) in [6, 6.07) is 0. The van der Waals surface area contributed by atoms with Crippen molar-refractivity contribution in [1.29, 1.82) is 0 Å². The molecule has 0 spiro atoms. The van der Waals surface area contributed by atoms with E-state index in [0.29, 0.717) is 12.4 Å². The van der Waals surface area contributed by atoms with Crippen molar-refractivity contribution in [2.45, 2.75) is 48.8 Å². The van der Waals surface area contributed by atoms with Crippen molar-refractivity contribution in [2.24, 2.45) is 10.3 Å². The van der Waals surface area contributed by atoms with Crippen LogP contribution in [-0.2, 0) is 52.7 Å². The van der Waals surface area contributed by atoms with Crippen LogP contribution in [-0.4, -0.2) is 286 Å². The van der Waals surface area contributed by atoms with Crippen LogP contribution in [0, 0.1) is 39.9 Å². The standard InChI is InChI=1S/C34H59N7O24.Gd.H2O/c42-16-22(46)33(60)31(58)20(44)9-37-64-18-29(56)62-7-1-35-24(48)11-40(14-27(52)53)5-3-39(13-26(50)51)4-6-41(15-28(54)55)12-25(49)36-2-8-63-30(57)19-65-38-10-21(45)32(59)34(61)23(47)17-43;;/h9-10,20-23,31-34,42-47,58-61H,1-8,11-19H2,(H,35,48)(H,36,49)(H,50,51)(H,52,53)(H,54,55);;1H2/q;+3;/p-3/b37-9+,38-10+;;/t20-,21-,22-,23-,31-,32-,33+,34+;;/m1../s1. The van der Waals surface area contributed by atoms with Gasteiger partial charge in [0, 0.05) is 45.8 Å². The molecule has 14 N–H and O–H groups in total. The Labute approximate surface area is 412 Å². The Morgan fingerprint density at radius 2 is 0.836 bits per heavy atom. The van der Waals surface area contributed by atoms with E-state index in [9.17, 15) is 89.7 Å². The summed E-state index contributed by atoms with van der Waals surface area (Å²) in [5, 5.41) is 139. The normalized spacial score (nSPS) is 15.0. The Morgan fingerprint density at radius 1 is 0.522 bits per heavy atom. The molecule has 0 aliphatic rings. The molecule has 0 saturated heterocycles. The molecule has 1 radical (unpaired) electrons. The molecule has 0 aliphatic carbocycles. The third kappa shape index (κ3) is 33.2. The van der Waals surface area contributed by atoms with Crippen molar-refractivity contribution >= 4 is 54.1 Å². The van der Waals surface area contributed by atoms with Crippen LogP contribution >= 0.6 is 0 Å². The first kappa shape index (κ1) is 67.3. The fourth-order valence-corrected chi connectivity index (χ4v) is 4.77. The Balaban J connectivity index is -0.0000205. The monoisotopic (exact) mass is 1120 g/mol. The Morgan fingerprint density at radius 3 is 1.15 bits per heavy atom. The van der Waals surface area contributed by atoms with Crippen LogP contribution in [0.25, 0.3) is 0 Å². The van der Waals surface area contributed by atoms with Crippen molar-refractivity contribution in [3.8, 4) is 0 Å². The Bertz CT molecular complexity index is 1420. The molecule has 387 valence electrons. The number of carbonyl (C=O) groups excluding carboxylic acids is 7. The van der Waals surface area contributed by atoms with Gasteiger partial charge in [-0.15, -0.1) is 0 Å². The number of amides is 2. The molecule has 0 fully saturated rings. The van der Waals surface area contributed by atoms with E-state index in [1.807, 2.05) is 0 Å². The Kier molecular flexibility index (Phi) is 39.1. The molecule has 0 bridgehead atoms. The summed E-state index contributed by atoms with van der Waals surface area (Å²) >= 11 is 0. The molecule has 32 nitrogen and oxygen atoms in total. The maximum atomic E-state index is 12.5. The molecule has 33 heteroatoms. The average molecular weight is 1120 g/mol. The number of hydrogen-bond acceptors (Lipinski definition) is 29. The maximum Gasteiger partial charge on any atom is 3.00 e. The number of carboxylic acids is 3. The van der Waals surface area contributed by atoms with Gasteiger partial charge >= 0.3 is 51.9 Å². The van der Waals surface area contributed by atoms with Crippen LogP contribution in [0.1, 0.15) is 0 Å². The van der Waals surface area contributed by atoms with E-state index in [0.717, 1.165) is 9.80 Å². The van der Waals surface area contributed by atoms with Crippen LogP contribution in [0.5, 0.6) is 0 Å². The fourth-order valence-electron chi connectivity index (χ4n) is 4.77. The number of aliphatic hydroxyl groups excluding tert-OH is 10. The second kappa shape index (κ2) is 38.9. The van der Waals surface area contributed by atoms with Gasteiger partial charge in [0.1, 0.15) is 62.0 Å². The summed E-state index contributed by atoms with van der Waals surface area (Å²) in [6.07, 6.45) is -13.8. The SMILES string of the molecule is O.O=C([O-])CN(CCN(CC(=O)[O-])CC(=O)NCCOC(=O)CO/N=C/[C@@H](O)[C@@H](O)[C@@H](O)[C@H](O)CO)CCN(CC(=O)[O-])CC(=O)NCCOC(=O)CO/N=C/[C@@H](O)[C@@H](O)[C@@H](O)[C@H](O)CO.[Gd+3]. The van der Waals surface area contributed by atoms with Crippen molar-refractivity contribution < 1.29 is 165 Å². The molecule has 2 amide bonds. The second-order valence-corrected chi connectivity index (χ2v) is 13.5. The predicted octanol–water partition coefficient (Wildman–Crippen LogP) is -15.5. The van der Waals surface area contributed by atoms with E-state index >= 15 is 0 Å². The molecule has 0 aromatic carbocycles. The molecule has 0 unspecified atom stereocenters. The van der Waals surface area contributed by atoms with Crippen molar-refractivity contribution in [2.75, 3.05) is 112 Å². The number of oxime groups is 2. The predicted molar refractivity (Wildman–Crippen MR) is 207 cm³/mol. The molecule has 0 saturated carbocycles. The third-order valence-electron chi connectivity index (χ3n) is 8.14. The molecule has 0 aromatic heterocycles. The van der Waals surface area contributed by atoms with Gasteiger partial charge in [-0.05, 0) is 0 Å². The minimum Gasteiger partial charge on any atom is -0.549 e. The van der Waals surface area contributed by atoms with Crippen LogP contribution in [0.4, 0.5) is 0 Å². The topological polar surface area (TPSA) is 518 Å². The summed E-state index contributed by atoms with van der Waals surface area (Å²) in [7, 11) is 0. The molecule has 8 atom stereocenters. The number of aliphatic carboxylic acids is 3. The fraction of sp³-hybridized carbons (Fsp3) is 0.735. The minimum atomic E-state index is -1.96. The van der Waals surface area contributed by atoms with Gasteiger partial charge in [-0.25, -0.2) is 9.59 Å². The number of carbonyl (C=O) groups is 7. The van der Waals surface area contributed by atoms with Gasteiger partial charge in [0.25, 0.3) is 0 Å². The van der Waals surface area contributed by atoms with E-state index in [2.05, 4.69) is 30.6 Å². The zero-order valence-electron chi connectivity index (χ0n) is 35.6. The van der Waals surface area contributed by atoms with Crippen LogP contribution in [0.2, 0.25) is 0 Å². The number of nitrogens with zero attached hydrogens (tertiary/aromatic N) is 5. The van der Waals surface area contributed by atoms with E-state index in [1.165, 1.54) is 4.90 Å². The summed E-state index contributed by atoms with van der Waals surface area (Å²) < 4.78 is 9.62. The molecule has 67 heavy (non-hydrogen) atoms. The molecular weight excluding hydrogens is 1060 g/mol. The number of ether oxygens (including phenoxy) is 2. The van der Waals surface area contributed by atoms with Crippen LogP contribution in [0.3, 0.4) is 0 Å². The molecule has 0 rings (SSSR count). The van der Waals surface area contributed by atoms with Gasteiger partial charge in [-0.2, -0.15) is 0 Å². The van der Waals surface area contributed by atoms with Crippen molar-refractivity contribution in [3.63, 3.8) is 0 Å². The first-order valence-electron chi connectivity index (χ1n) is 19.2. The number of rotatable bonds is 38. The molecular formula is C34H58GdN7O25. The summed E-state index contributed by atoms with van der Waals surface area (Å²) in [5.41, 5.74) is 0. The average Bonchev–Trinajstić information content (AvgIpc) is 3.25. The number of carboxylic acid groups (broad SMARTS) is 3. The first-order chi connectivity index (χ1) is 30.6. The second-order valence-electron chi connectivity index (χ2n) is 13.5. The largest absolute Gasteiger partial charge is 3.00 e. The third-order valence-corrected chi connectivity index (χ3v) is 8.14. The number of aliphatic hydroxyl groups is 10. The van der Waals surface area contributed by atoms with Crippen LogP contribution in [0.15, 0.2) is 10.3 Å². The van der Waals surface area contributed by atoms with E-state index in [-0.39, 0.29) is 84.7 Å². The van der Waals surface area contributed by atoms with E-state index < -0.39 is 163 Å². The molecule has 0 aromatic rings. The number of esters is 2. The van der Waals surface area contributed by atoms with Gasteiger partial charge in [0.2, 0.25) is 25.0 Å². The van der Waals surface area contributed by atoms with Gasteiger partial charge in [0.15, 0.2) is 0 Å². The maximum absolute atomic E-state index is 12.5. The quantitative estimate of drug-likeness (QED) is 0.0118. The molecule has 0 heterocycles. The Hall–Kier alpha value is -4.01. The van der Waals surface area contributed by atoms with Gasteiger partial charge in [0.05, 0.1) is 69.7 Å². The van der Waals surface area contributed by atoms with E-state index in [1.54, 1.807) is 0 Å². The first-order valence-corrected chi connectivity index (χ1v) is 19.2. The zero-order chi connectivity index (χ0) is 49.5. The van der Waals surface area contributed by atoms with Crippen LogP contribution < -0.4 is 26.0 Å². The number of nitrogens with one attached hydrogen (secondary N) is 2. The summed E-state index contributed by atoms with van der Waals surface area (Å²) in [5.74, 6) is -8.30. The minimum absolute atomic E-state index is 0. The number of hydrogen-bond donors (Lipinski definition) is 12. The van der Waals surface area contributed by atoms with Gasteiger partial charge < -0.3 is 116 Å². The van der Waals surface area contributed by atoms with E-state index in [4.69, 9.17) is 19.7 Å². The van der Waals surface area contributed by atoms with Crippen molar-refractivity contribution in [3.05, 3.63) is 0 Å². The molecule has 0 aliphatic heterocycles. The zero-order valence-corrected chi connectivity index (χ0v) is 37.8.